The highest BCUT2D eigenvalue weighted by Crippen LogP contribution is 2.30. The van der Waals surface area contributed by atoms with Gasteiger partial charge in [0.05, 0.1) is 15.4 Å². The second-order valence-corrected chi connectivity index (χ2v) is 7.06. The zero-order valence-electron chi connectivity index (χ0n) is 11.5. The molecule has 4 aromatic rings. The van der Waals surface area contributed by atoms with Gasteiger partial charge in [-0.25, -0.2) is 0 Å². The maximum absolute atomic E-state index is 12.3. The van der Waals surface area contributed by atoms with Crippen LogP contribution >= 0.6 is 34.3 Å². The van der Waals surface area contributed by atoms with Gasteiger partial charge in [0, 0.05) is 5.39 Å². The number of hydrogen-bond acceptors (Lipinski definition) is 5. The van der Waals surface area contributed by atoms with Gasteiger partial charge in [-0.1, -0.05) is 41.1 Å². The van der Waals surface area contributed by atoms with Crippen molar-refractivity contribution in [3.8, 4) is 9.88 Å². The summed E-state index contributed by atoms with van der Waals surface area (Å²) in [4.78, 5) is 16.4. The molecule has 0 aliphatic carbocycles. The Morgan fingerprint density at radius 1 is 1.22 bits per heavy atom. The molecule has 5 nitrogen and oxygen atoms in total. The van der Waals surface area contributed by atoms with Crippen LogP contribution in [0.2, 0.25) is 5.02 Å². The predicted molar refractivity (Wildman–Crippen MR) is 94.5 cm³/mol. The SMILES string of the molecule is O=C(Nc1nnc(-c2cccs2)s1)c1cc2cccc(Cl)c2[nH]1. The second kappa shape index (κ2) is 5.77. The van der Waals surface area contributed by atoms with Crippen molar-refractivity contribution >= 4 is 56.2 Å². The Kier molecular flexibility index (Phi) is 3.60. The van der Waals surface area contributed by atoms with Crippen molar-refractivity contribution in [2.75, 3.05) is 5.32 Å². The standard InChI is InChI=1S/C15H9ClN4OS2/c16-9-4-1-3-8-7-10(17-12(8)9)13(21)18-15-20-19-14(23-15)11-5-2-6-22-11/h1-7,17H,(H,18,20,21). The number of halogens is 1. The van der Waals surface area contributed by atoms with E-state index in [2.05, 4.69) is 20.5 Å². The molecule has 1 amide bonds. The smallest absolute Gasteiger partial charge is 0.273 e. The summed E-state index contributed by atoms with van der Waals surface area (Å²) in [5, 5.41) is 15.6. The lowest BCUT2D eigenvalue weighted by atomic mass is 10.2. The van der Waals surface area contributed by atoms with E-state index in [-0.39, 0.29) is 5.91 Å². The van der Waals surface area contributed by atoms with Gasteiger partial charge in [-0.05, 0) is 23.6 Å². The van der Waals surface area contributed by atoms with Gasteiger partial charge >= 0.3 is 0 Å². The number of hydrogen-bond donors (Lipinski definition) is 2. The third-order valence-electron chi connectivity index (χ3n) is 3.23. The lowest BCUT2D eigenvalue weighted by Crippen LogP contribution is -2.11. The molecule has 1 aromatic carbocycles. The number of nitrogens with zero attached hydrogens (tertiary/aromatic N) is 2. The maximum atomic E-state index is 12.3. The van der Waals surface area contributed by atoms with Gasteiger partial charge in [-0.2, -0.15) is 0 Å². The van der Waals surface area contributed by atoms with E-state index < -0.39 is 0 Å². The molecule has 0 saturated carbocycles. The summed E-state index contributed by atoms with van der Waals surface area (Å²) in [6.45, 7) is 0. The Hall–Kier alpha value is -2.22. The molecular weight excluding hydrogens is 352 g/mol. The van der Waals surface area contributed by atoms with Crippen molar-refractivity contribution in [3.63, 3.8) is 0 Å². The van der Waals surface area contributed by atoms with Gasteiger partial charge in [0.2, 0.25) is 5.13 Å². The predicted octanol–water partition coefficient (Wildman–Crippen LogP) is 4.65. The van der Waals surface area contributed by atoms with E-state index in [0.29, 0.717) is 15.8 Å². The number of amides is 1. The number of para-hydroxylation sites is 1. The molecule has 3 heterocycles. The van der Waals surface area contributed by atoms with E-state index >= 15 is 0 Å². The topological polar surface area (TPSA) is 70.7 Å². The number of fused-ring (bicyclic) bond motifs is 1. The van der Waals surface area contributed by atoms with Gasteiger partial charge in [-0.15, -0.1) is 21.5 Å². The van der Waals surface area contributed by atoms with Crippen molar-refractivity contribution in [2.45, 2.75) is 0 Å². The number of anilines is 1. The van der Waals surface area contributed by atoms with Crippen LogP contribution in [0, 0.1) is 0 Å². The second-order valence-electron chi connectivity index (χ2n) is 4.73. The molecule has 0 unspecified atom stereocenters. The number of thiophene rings is 1. The molecular formula is C15H9ClN4OS2. The first-order chi connectivity index (χ1) is 11.2. The Morgan fingerprint density at radius 3 is 2.91 bits per heavy atom. The van der Waals surface area contributed by atoms with E-state index in [1.807, 2.05) is 29.6 Å². The lowest BCUT2D eigenvalue weighted by Gasteiger charge is -1.97. The monoisotopic (exact) mass is 360 g/mol. The van der Waals surface area contributed by atoms with Crippen molar-refractivity contribution in [1.82, 2.24) is 15.2 Å². The van der Waals surface area contributed by atoms with Gasteiger partial charge < -0.3 is 4.98 Å². The summed E-state index contributed by atoms with van der Waals surface area (Å²) >= 11 is 9.04. The number of aromatic nitrogens is 3. The molecule has 0 atom stereocenters. The van der Waals surface area contributed by atoms with Gasteiger partial charge in [-0.3, -0.25) is 10.1 Å². The van der Waals surface area contributed by atoms with Crippen LogP contribution in [0.25, 0.3) is 20.8 Å². The fourth-order valence-electron chi connectivity index (χ4n) is 2.18. The van der Waals surface area contributed by atoms with E-state index in [9.17, 15) is 4.79 Å². The number of rotatable bonds is 3. The lowest BCUT2D eigenvalue weighted by molar-refractivity contribution is 0.102. The molecule has 3 aromatic heterocycles. The highest BCUT2D eigenvalue weighted by Gasteiger charge is 2.14. The highest BCUT2D eigenvalue weighted by molar-refractivity contribution is 7.23. The number of H-pyrrole nitrogens is 1. The first kappa shape index (κ1) is 14.4. The quantitative estimate of drug-likeness (QED) is 0.558. The van der Waals surface area contributed by atoms with Crippen molar-refractivity contribution in [2.24, 2.45) is 0 Å². The van der Waals surface area contributed by atoms with Crippen LogP contribution in [0.4, 0.5) is 5.13 Å². The molecule has 8 heteroatoms. The summed E-state index contributed by atoms with van der Waals surface area (Å²) in [6, 6.07) is 11.2. The molecule has 2 N–H and O–H groups in total. The molecule has 0 bridgehead atoms. The van der Waals surface area contributed by atoms with Gasteiger partial charge in [0.15, 0.2) is 5.01 Å². The largest absolute Gasteiger partial charge is 0.349 e. The minimum Gasteiger partial charge on any atom is -0.349 e. The molecule has 0 fully saturated rings. The zero-order chi connectivity index (χ0) is 15.8. The fourth-order valence-corrected chi connectivity index (χ4v) is 3.94. The van der Waals surface area contributed by atoms with Crippen LogP contribution < -0.4 is 5.32 Å². The summed E-state index contributed by atoms with van der Waals surface area (Å²) in [5.41, 5.74) is 1.18. The summed E-state index contributed by atoms with van der Waals surface area (Å²) in [5.74, 6) is -0.272. The summed E-state index contributed by atoms with van der Waals surface area (Å²) < 4.78 is 0. The fraction of sp³-hybridized carbons (Fsp3) is 0. The minimum absolute atomic E-state index is 0.272. The maximum Gasteiger partial charge on any atom is 0.273 e. The summed E-state index contributed by atoms with van der Waals surface area (Å²) in [7, 11) is 0. The average molecular weight is 361 g/mol. The van der Waals surface area contributed by atoms with Crippen LogP contribution in [0.1, 0.15) is 10.5 Å². The third-order valence-corrected chi connectivity index (χ3v) is 5.42. The Morgan fingerprint density at radius 2 is 2.13 bits per heavy atom. The average Bonchev–Trinajstić information content (AvgIpc) is 3.27. The Balaban J connectivity index is 1.58. The molecule has 114 valence electrons. The van der Waals surface area contributed by atoms with Crippen LogP contribution in [0.15, 0.2) is 41.8 Å². The first-order valence-electron chi connectivity index (χ1n) is 6.67. The number of nitrogens with one attached hydrogen (secondary N) is 2. The van der Waals surface area contributed by atoms with Crippen LogP contribution in [0.3, 0.4) is 0 Å². The third kappa shape index (κ3) is 2.74. The normalized spacial score (nSPS) is 11.0. The van der Waals surface area contributed by atoms with Crippen molar-refractivity contribution in [3.05, 3.63) is 52.5 Å². The van der Waals surface area contributed by atoms with E-state index in [4.69, 9.17) is 11.6 Å². The van der Waals surface area contributed by atoms with Crippen LogP contribution in [-0.4, -0.2) is 21.1 Å². The molecule has 0 aliphatic rings. The molecule has 23 heavy (non-hydrogen) atoms. The number of benzene rings is 1. The number of carbonyl (C=O) groups is 1. The zero-order valence-corrected chi connectivity index (χ0v) is 13.9. The molecule has 0 radical (unpaired) electrons. The van der Waals surface area contributed by atoms with Gasteiger partial charge in [0.1, 0.15) is 5.69 Å². The van der Waals surface area contributed by atoms with E-state index in [0.717, 1.165) is 20.8 Å². The molecule has 0 aliphatic heterocycles. The van der Waals surface area contributed by atoms with Crippen molar-refractivity contribution < 1.29 is 4.79 Å². The Labute approximate surface area is 144 Å². The number of carbonyl (C=O) groups excluding carboxylic acids is 1. The first-order valence-corrected chi connectivity index (χ1v) is 8.74. The summed E-state index contributed by atoms with van der Waals surface area (Å²) in [6.07, 6.45) is 0. The van der Waals surface area contributed by atoms with Crippen LogP contribution in [-0.2, 0) is 0 Å². The van der Waals surface area contributed by atoms with E-state index in [1.54, 1.807) is 23.5 Å². The van der Waals surface area contributed by atoms with Crippen LogP contribution in [0.5, 0.6) is 0 Å². The minimum atomic E-state index is -0.272. The van der Waals surface area contributed by atoms with Crippen molar-refractivity contribution in [1.29, 1.82) is 0 Å². The number of aromatic amines is 1. The molecule has 4 rings (SSSR count). The Bertz CT molecular complexity index is 990. The van der Waals surface area contributed by atoms with E-state index in [1.165, 1.54) is 11.3 Å². The molecule has 0 saturated heterocycles. The van der Waals surface area contributed by atoms with Gasteiger partial charge in [0.25, 0.3) is 5.91 Å². The highest BCUT2D eigenvalue weighted by atomic mass is 35.5. The molecule has 0 spiro atoms.